The molecule has 0 amide bonds. The first kappa shape index (κ1) is 17.0. The number of aliphatic carboxylic acids is 1. The Balaban J connectivity index is 2.92. The Labute approximate surface area is 128 Å². The van der Waals surface area contributed by atoms with E-state index in [1.807, 2.05) is 19.1 Å². The van der Waals surface area contributed by atoms with E-state index in [4.69, 9.17) is 9.84 Å². The highest BCUT2D eigenvalue weighted by Gasteiger charge is 2.17. The van der Waals surface area contributed by atoms with Crippen molar-refractivity contribution in [2.45, 2.75) is 40.3 Å². The summed E-state index contributed by atoms with van der Waals surface area (Å²) in [6.45, 7) is 9.29. The van der Waals surface area contributed by atoms with E-state index in [9.17, 15) is 4.79 Å². The standard InChI is InChI=1S/C15H22BrNO3/c1-9(2)7-17-8-12-6-13(16)5-10(3)14(12)20-11(4)15(18)19/h5-6,9,11,17H,7-8H2,1-4H3,(H,18,19). The summed E-state index contributed by atoms with van der Waals surface area (Å²) in [5.74, 6) is 0.248. The third-order valence-electron chi connectivity index (χ3n) is 2.83. The summed E-state index contributed by atoms with van der Waals surface area (Å²) in [6.07, 6.45) is -0.862. The van der Waals surface area contributed by atoms with Gasteiger partial charge in [-0.2, -0.15) is 0 Å². The maximum absolute atomic E-state index is 10.9. The van der Waals surface area contributed by atoms with Crippen LogP contribution in [0, 0.1) is 12.8 Å². The van der Waals surface area contributed by atoms with Gasteiger partial charge in [-0.3, -0.25) is 0 Å². The zero-order valence-corrected chi connectivity index (χ0v) is 14.0. The Bertz CT molecular complexity index is 474. The van der Waals surface area contributed by atoms with Gasteiger partial charge in [0.05, 0.1) is 0 Å². The van der Waals surface area contributed by atoms with Crippen LogP contribution in [-0.4, -0.2) is 23.7 Å². The number of hydrogen-bond donors (Lipinski definition) is 2. The third kappa shape index (κ3) is 5.13. The van der Waals surface area contributed by atoms with Crippen LogP contribution in [0.4, 0.5) is 0 Å². The summed E-state index contributed by atoms with van der Waals surface area (Å²) >= 11 is 3.46. The van der Waals surface area contributed by atoms with E-state index in [1.54, 1.807) is 0 Å². The fourth-order valence-electron chi connectivity index (χ4n) is 1.82. The highest BCUT2D eigenvalue weighted by molar-refractivity contribution is 9.10. The minimum absolute atomic E-state index is 0.561. The largest absolute Gasteiger partial charge is 0.479 e. The Morgan fingerprint density at radius 2 is 2.05 bits per heavy atom. The van der Waals surface area contributed by atoms with Crippen molar-refractivity contribution in [3.63, 3.8) is 0 Å². The van der Waals surface area contributed by atoms with E-state index in [1.165, 1.54) is 6.92 Å². The normalized spacial score (nSPS) is 12.5. The molecule has 0 aliphatic heterocycles. The molecular formula is C15H22BrNO3. The van der Waals surface area contributed by atoms with E-state index in [2.05, 4.69) is 35.1 Å². The van der Waals surface area contributed by atoms with E-state index < -0.39 is 12.1 Å². The van der Waals surface area contributed by atoms with Gasteiger partial charge in [-0.05, 0) is 44.0 Å². The second kappa shape index (κ2) is 7.64. The molecule has 0 spiro atoms. The van der Waals surface area contributed by atoms with Gasteiger partial charge in [-0.25, -0.2) is 4.79 Å². The lowest BCUT2D eigenvalue weighted by molar-refractivity contribution is -0.144. The molecule has 0 bridgehead atoms. The second-order valence-corrected chi connectivity index (χ2v) is 6.25. The van der Waals surface area contributed by atoms with Gasteiger partial charge in [0.2, 0.25) is 0 Å². The van der Waals surface area contributed by atoms with Crippen molar-refractivity contribution in [3.8, 4) is 5.75 Å². The molecule has 0 saturated carbocycles. The predicted molar refractivity (Wildman–Crippen MR) is 83.1 cm³/mol. The lowest BCUT2D eigenvalue weighted by Crippen LogP contribution is -2.25. The Kier molecular flexibility index (Phi) is 6.49. The minimum atomic E-state index is -0.964. The van der Waals surface area contributed by atoms with Crippen molar-refractivity contribution in [2.75, 3.05) is 6.54 Å². The van der Waals surface area contributed by atoms with Crippen molar-refractivity contribution >= 4 is 21.9 Å². The summed E-state index contributed by atoms with van der Waals surface area (Å²) in [4.78, 5) is 10.9. The molecule has 1 atom stereocenters. The monoisotopic (exact) mass is 343 g/mol. The van der Waals surface area contributed by atoms with Crippen LogP contribution in [0.15, 0.2) is 16.6 Å². The molecule has 1 rings (SSSR count). The predicted octanol–water partition coefficient (Wildman–Crippen LogP) is 3.36. The zero-order valence-electron chi connectivity index (χ0n) is 12.4. The molecule has 1 unspecified atom stereocenters. The van der Waals surface area contributed by atoms with Gasteiger partial charge < -0.3 is 15.2 Å². The van der Waals surface area contributed by atoms with Gasteiger partial charge in [0, 0.05) is 16.6 Å². The van der Waals surface area contributed by atoms with Gasteiger partial charge in [-0.15, -0.1) is 0 Å². The zero-order chi connectivity index (χ0) is 15.3. The topological polar surface area (TPSA) is 58.6 Å². The number of hydrogen-bond acceptors (Lipinski definition) is 3. The van der Waals surface area contributed by atoms with Crippen molar-refractivity contribution in [1.29, 1.82) is 0 Å². The number of rotatable bonds is 7. The maximum atomic E-state index is 10.9. The Morgan fingerprint density at radius 1 is 1.40 bits per heavy atom. The second-order valence-electron chi connectivity index (χ2n) is 5.33. The number of halogens is 1. The van der Waals surface area contributed by atoms with Crippen LogP contribution < -0.4 is 10.1 Å². The fourth-order valence-corrected chi connectivity index (χ4v) is 2.44. The highest BCUT2D eigenvalue weighted by atomic mass is 79.9. The van der Waals surface area contributed by atoms with Gasteiger partial charge >= 0.3 is 5.97 Å². The fraction of sp³-hybridized carbons (Fsp3) is 0.533. The highest BCUT2D eigenvalue weighted by Crippen LogP contribution is 2.29. The summed E-state index contributed by atoms with van der Waals surface area (Å²) < 4.78 is 6.55. The first-order valence-corrected chi connectivity index (χ1v) is 7.49. The van der Waals surface area contributed by atoms with Crippen LogP contribution in [-0.2, 0) is 11.3 Å². The average Bonchev–Trinajstić information content (AvgIpc) is 2.32. The lowest BCUT2D eigenvalue weighted by atomic mass is 10.1. The first-order valence-electron chi connectivity index (χ1n) is 6.70. The number of carboxylic acids is 1. The van der Waals surface area contributed by atoms with E-state index in [0.29, 0.717) is 18.2 Å². The van der Waals surface area contributed by atoms with Crippen molar-refractivity contribution in [3.05, 3.63) is 27.7 Å². The van der Waals surface area contributed by atoms with Crippen LogP contribution >= 0.6 is 15.9 Å². The van der Waals surface area contributed by atoms with E-state index >= 15 is 0 Å². The van der Waals surface area contributed by atoms with Crippen LogP contribution in [0.5, 0.6) is 5.75 Å². The molecule has 4 nitrogen and oxygen atoms in total. The molecule has 0 saturated heterocycles. The maximum Gasteiger partial charge on any atom is 0.344 e. The van der Waals surface area contributed by atoms with Crippen LogP contribution in [0.1, 0.15) is 31.9 Å². The molecule has 0 aliphatic rings. The van der Waals surface area contributed by atoms with E-state index in [-0.39, 0.29) is 0 Å². The summed E-state index contributed by atoms with van der Waals surface area (Å²) in [5.41, 5.74) is 1.89. The smallest absolute Gasteiger partial charge is 0.344 e. The third-order valence-corrected chi connectivity index (χ3v) is 3.28. The van der Waals surface area contributed by atoms with Gasteiger partial charge in [0.25, 0.3) is 0 Å². The molecule has 1 aromatic carbocycles. The molecule has 0 aliphatic carbocycles. The molecule has 2 N–H and O–H groups in total. The van der Waals surface area contributed by atoms with Crippen LogP contribution in [0.2, 0.25) is 0 Å². The van der Waals surface area contributed by atoms with Crippen molar-refractivity contribution in [2.24, 2.45) is 5.92 Å². The summed E-state index contributed by atoms with van der Waals surface area (Å²) in [6, 6.07) is 3.89. The Morgan fingerprint density at radius 3 is 2.60 bits per heavy atom. The SMILES string of the molecule is Cc1cc(Br)cc(CNCC(C)C)c1OC(C)C(=O)O. The minimum Gasteiger partial charge on any atom is -0.479 e. The average molecular weight is 344 g/mol. The van der Waals surface area contributed by atoms with Crippen LogP contribution in [0.3, 0.4) is 0 Å². The summed E-state index contributed by atoms with van der Waals surface area (Å²) in [7, 11) is 0. The number of nitrogens with one attached hydrogen (secondary N) is 1. The summed E-state index contributed by atoms with van der Waals surface area (Å²) in [5, 5.41) is 12.3. The lowest BCUT2D eigenvalue weighted by Gasteiger charge is -2.18. The van der Waals surface area contributed by atoms with Gasteiger partial charge in [0.15, 0.2) is 6.10 Å². The number of carboxylic acid groups (broad SMARTS) is 1. The molecule has 0 radical (unpaired) electrons. The van der Waals surface area contributed by atoms with E-state index in [0.717, 1.165) is 22.1 Å². The quantitative estimate of drug-likeness (QED) is 0.796. The van der Waals surface area contributed by atoms with Crippen molar-refractivity contribution < 1.29 is 14.6 Å². The number of benzene rings is 1. The molecule has 0 fully saturated rings. The molecule has 0 heterocycles. The first-order chi connectivity index (χ1) is 9.31. The number of aryl methyl sites for hydroxylation is 1. The molecule has 20 heavy (non-hydrogen) atoms. The van der Waals surface area contributed by atoms with Gasteiger partial charge in [0.1, 0.15) is 5.75 Å². The molecule has 0 aromatic heterocycles. The Hall–Kier alpha value is -1.07. The van der Waals surface area contributed by atoms with Crippen LogP contribution in [0.25, 0.3) is 0 Å². The molecule has 5 heteroatoms. The molecular weight excluding hydrogens is 322 g/mol. The number of ether oxygens (including phenoxy) is 1. The van der Waals surface area contributed by atoms with Gasteiger partial charge in [-0.1, -0.05) is 29.8 Å². The van der Waals surface area contributed by atoms with Crippen molar-refractivity contribution in [1.82, 2.24) is 5.32 Å². The molecule has 1 aromatic rings. The molecule has 112 valence electrons. The number of carbonyl (C=O) groups is 1.